The Morgan fingerprint density at radius 3 is 2.56 bits per heavy atom. The fourth-order valence-corrected chi connectivity index (χ4v) is 3.47. The summed E-state index contributed by atoms with van der Waals surface area (Å²) in [4.78, 5) is 16.6. The molecule has 5 nitrogen and oxygen atoms in total. The molecule has 1 aliphatic carbocycles. The molecule has 1 saturated carbocycles. The van der Waals surface area contributed by atoms with E-state index in [-0.39, 0.29) is 36.1 Å². The van der Waals surface area contributed by atoms with Crippen LogP contribution in [0.25, 0.3) is 0 Å². The molecule has 0 saturated heterocycles. The van der Waals surface area contributed by atoms with E-state index < -0.39 is 0 Å². The van der Waals surface area contributed by atoms with Crippen molar-refractivity contribution in [2.75, 3.05) is 11.9 Å². The third-order valence-corrected chi connectivity index (χ3v) is 4.86. The largest absolute Gasteiger partial charge is 0.439 e. The smallest absolute Gasteiger partial charge is 0.224 e. The number of carbonyl (C=O) groups is 1. The van der Waals surface area contributed by atoms with E-state index in [1.807, 2.05) is 36.4 Å². The van der Waals surface area contributed by atoms with Crippen molar-refractivity contribution in [3.05, 3.63) is 48.7 Å². The van der Waals surface area contributed by atoms with E-state index in [0.717, 1.165) is 31.4 Å². The number of ether oxygens (including phenoxy) is 1. The predicted molar refractivity (Wildman–Crippen MR) is 113 cm³/mol. The molecule has 1 fully saturated rings. The van der Waals surface area contributed by atoms with Gasteiger partial charge >= 0.3 is 0 Å². The van der Waals surface area contributed by atoms with Gasteiger partial charge < -0.3 is 15.8 Å². The maximum atomic E-state index is 12.5. The summed E-state index contributed by atoms with van der Waals surface area (Å²) in [6.07, 6.45) is 7.82. The second kappa shape index (κ2) is 11.1. The fourth-order valence-electron chi connectivity index (χ4n) is 3.47. The molecular formula is C20H27Cl2N3O2. The lowest BCUT2D eigenvalue weighted by Gasteiger charge is -2.35. The number of nitrogens with one attached hydrogen (secondary N) is 1. The monoisotopic (exact) mass is 411 g/mol. The Morgan fingerprint density at radius 2 is 1.89 bits per heavy atom. The number of hydrogen-bond donors (Lipinski definition) is 2. The maximum Gasteiger partial charge on any atom is 0.224 e. The lowest BCUT2D eigenvalue weighted by molar-refractivity contribution is -0.118. The Labute approximate surface area is 172 Å². The van der Waals surface area contributed by atoms with Crippen molar-refractivity contribution < 1.29 is 9.53 Å². The van der Waals surface area contributed by atoms with Crippen molar-refractivity contribution in [1.29, 1.82) is 0 Å². The molecule has 0 radical (unpaired) electrons. The molecule has 3 rings (SSSR count). The molecule has 0 unspecified atom stereocenters. The Bertz CT molecular complexity index is 707. The fraction of sp³-hybridized carbons (Fsp3) is 0.400. The van der Waals surface area contributed by atoms with Gasteiger partial charge in [0.05, 0.1) is 0 Å². The number of carbonyl (C=O) groups excluding carboxylic acids is 1. The second-order valence-electron chi connectivity index (χ2n) is 6.79. The Morgan fingerprint density at radius 1 is 1.11 bits per heavy atom. The molecule has 7 heteroatoms. The molecule has 148 valence electrons. The highest BCUT2D eigenvalue weighted by Gasteiger charge is 2.32. The van der Waals surface area contributed by atoms with Gasteiger partial charge in [-0.3, -0.25) is 4.79 Å². The number of hydrogen-bond acceptors (Lipinski definition) is 4. The van der Waals surface area contributed by atoms with Crippen molar-refractivity contribution in [3.8, 4) is 11.6 Å². The van der Waals surface area contributed by atoms with Crippen LogP contribution in [0, 0.1) is 5.41 Å². The summed E-state index contributed by atoms with van der Waals surface area (Å²) in [6.45, 7) is 0.573. The Kier molecular flexibility index (Phi) is 9.56. The molecule has 0 atom stereocenters. The number of rotatable bonds is 6. The number of benzene rings is 1. The predicted octanol–water partition coefficient (Wildman–Crippen LogP) is 4.96. The molecule has 1 aliphatic rings. The summed E-state index contributed by atoms with van der Waals surface area (Å²) in [6, 6.07) is 12.9. The zero-order chi connectivity index (χ0) is 17.5. The van der Waals surface area contributed by atoms with Crippen molar-refractivity contribution in [2.24, 2.45) is 11.1 Å². The van der Waals surface area contributed by atoms with Crippen molar-refractivity contribution in [3.63, 3.8) is 0 Å². The number of pyridine rings is 1. The van der Waals surface area contributed by atoms with E-state index in [0.29, 0.717) is 24.6 Å². The average molecular weight is 412 g/mol. The molecule has 1 amide bonds. The van der Waals surface area contributed by atoms with Gasteiger partial charge in [0, 0.05) is 30.4 Å². The van der Waals surface area contributed by atoms with Gasteiger partial charge in [0.1, 0.15) is 5.75 Å². The van der Waals surface area contributed by atoms with Crippen LogP contribution in [0.4, 0.5) is 5.69 Å². The highest BCUT2D eigenvalue weighted by atomic mass is 35.5. The minimum atomic E-state index is -0.0373. The SMILES string of the molecule is Cl.Cl.NCC1(CC(=O)Nc2cccc(Oc3ccccn3)c2)CCCCC1. The topological polar surface area (TPSA) is 77.2 Å². The first-order chi connectivity index (χ1) is 12.2. The highest BCUT2D eigenvalue weighted by molar-refractivity contribution is 5.91. The molecule has 3 N–H and O–H groups in total. The third kappa shape index (κ3) is 6.69. The number of amides is 1. The molecule has 2 aromatic rings. The van der Waals surface area contributed by atoms with Crippen LogP contribution in [-0.2, 0) is 4.79 Å². The van der Waals surface area contributed by atoms with Crippen LogP contribution in [-0.4, -0.2) is 17.4 Å². The number of halogens is 2. The summed E-state index contributed by atoms with van der Waals surface area (Å²) in [5.74, 6) is 1.18. The van der Waals surface area contributed by atoms with E-state index in [1.54, 1.807) is 12.3 Å². The maximum absolute atomic E-state index is 12.5. The van der Waals surface area contributed by atoms with Crippen molar-refractivity contribution in [1.82, 2.24) is 4.98 Å². The quantitative estimate of drug-likeness (QED) is 0.704. The lowest BCUT2D eigenvalue weighted by Crippen LogP contribution is -2.36. The Hall–Kier alpha value is -1.82. The summed E-state index contributed by atoms with van der Waals surface area (Å²) in [7, 11) is 0. The van der Waals surface area contributed by atoms with Gasteiger partial charge in [-0.25, -0.2) is 4.98 Å². The van der Waals surface area contributed by atoms with Crippen LogP contribution >= 0.6 is 24.8 Å². The Balaban J connectivity index is 0.00000182. The molecule has 1 heterocycles. The minimum absolute atomic E-state index is 0. The minimum Gasteiger partial charge on any atom is -0.439 e. The molecule has 27 heavy (non-hydrogen) atoms. The van der Waals surface area contributed by atoms with E-state index >= 15 is 0 Å². The van der Waals surface area contributed by atoms with Crippen LogP contribution in [0.1, 0.15) is 38.5 Å². The molecule has 1 aromatic heterocycles. The van der Waals surface area contributed by atoms with E-state index in [1.165, 1.54) is 6.42 Å². The molecule has 0 spiro atoms. The summed E-state index contributed by atoms with van der Waals surface area (Å²) < 4.78 is 5.71. The lowest BCUT2D eigenvalue weighted by atomic mass is 9.71. The van der Waals surface area contributed by atoms with E-state index in [4.69, 9.17) is 10.5 Å². The zero-order valence-electron chi connectivity index (χ0n) is 15.2. The van der Waals surface area contributed by atoms with Crippen molar-refractivity contribution in [2.45, 2.75) is 38.5 Å². The van der Waals surface area contributed by atoms with Gasteiger partial charge in [-0.15, -0.1) is 24.8 Å². The van der Waals surface area contributed by atoms with Gasteiger partial charge in [0.2, 0.25) is 11.8 Å². The second-order valence-corrected chi connectivity index (χ2v) is 6.79. The van der Waals surface area contributed by atoms with Crippen LogP contribution in [0.5, 0.6) is 11.6 Å². The number of aromatic nitrogens is 1. The third-order valence-electron chi connectivity index (χ3n) is 4.86. The van der Waals surface area contributed by atoms with Gasteiger partial charge in [-0.1, -0.05) is 31.4 Å². The number of nitrogens with zero attached hydrogens (tertiary/aromatic N) is 1. The van der Waals surface area contributed by atoms with Crippen LogP contribution in [0.2, 0.25) is 0 Å². The van der Waals surface area contributed by atoms with Gasteiger partial charge in [0.15, 0.2) is 0 Å². The molecule has 0 aliphatic heterocycles. The van der Waals surface area contributed by atoms with Crippen molar-refractivity contribution >= 4 is 36.4 Å². The van der Waals surface area contributed by atoms with Crippen LogP contribution in [0.15, 0.2) is 48.7 Å². The first kappa shape index (κ1) is 23.2. The summed E-state index contributed by atoms with van der Waals surface area (Å²) >= 11 is 0. The van der Waals surface area contributed by atoms with E-state index in [2.05, 4.69) is 10.3 Å². The van der Waals surface area contributed by atoms with Gasteiger partial charge in [0.25, 0.3) is 0 Å². The first-order valence-electron chi connectivity index (χ1n) is 8.88. The normalized spacial score (nSPS) is 15.0. The standard InChI is InChI=1S/C20H25N3O2.2ClH/c21-15-20(10-3-1-4-11-20)14-18(24)23-16-7-6-8-17(13-16)25-19-9-2-5-12-22-19;;/h2,5-9,12-13H,1,3-4,10-11,14-15,21H2,(H,23,24);2*1H. The number of anilines is 1. The van der Waals surface area contributed by atoms with Gasteiger partial charge in [-0.2, -0.15) is 0 Å². The van der Waals surface area contributed by atoms with Gasteiger partial charge in [-0.05, 0) is 43.0 Å². The molecule has 0 bridgehead atoms. The van der Waals surface area contributed by atoms with Crippen LogP contribution in [0.3, 0.4) is 0 Å². The van der Waals surface area contributed by atoms with Crippen LogP contribution < -0.4 is 15.8 Å². The summed E-state index contributed by atoms with van der Waals surface area (Å²) in [5, 5.41) is 2.98. The average Bonchev–Trinajstić information content (AvgIpc) is 2.63. The highest BCUT2D eigenvalue weighted by Crippen LogP contribution is 2.38. The zero-order valence-corrected chi connectivity index (χ0v) is 16.9. The molecule has 1 aromatic carbocycles. The summed E-state index contributed by atoms with van der Waals surface area (Å²) in [5.41, 5.74) is 6.67. The first-order valence-corrected chi connectivity index (χ1v) is 8.88. The molecular weight excluding hydrogens is 385 g/mol. The van der Waals surface area contributed by atoms with E-state index in [9.17, 15) is 4.79 Å². The number of nitrogens with two attached hydrogens (primary N) is 1.